The van der Waals surface area contributed by atoms with Gasteiger partial charge in [0.1, 0.15) is 0 Å². The molecule has 1 nitrogen and oxygen atoms in total. The predicted molar refractivity (Wildman–Crippen MR) is 61.0 cm³/mol. The van der Waals surface area contributed by atoms with E-state index in [1.807, 2.05) is 0 Å². The second-order valence-electron chi connectivity index (χ2n) is 3.38. The van der Waals surface area contributed by atoms with E-state index in [1.54, 1.807) is 0 Å². The zero-order valence-corrected chi connectivity index (χ0v) is 9.71. The van der Waals surface area contributed by atoms with Crippen molar-refractivity contribution in [2.75, 3.05) is 0 Å². The number of benzene rings is 1. The second kappa shape index (κ2) is 4.77. The van der Waals surface area contributed by atoms with E-state index in [9.17, 15) is 0 Å². The van der Waals surface area contributed by atoms with Crippen molar-refractivity contribution in [2.24, 2.45) is 5.73 Å². The highest BCUT2D eigenvalue weighted by Gasteiger charge is 2.04. The molecule has 1 aromatic rings. The van der Waals surface area contributed by atoms with Crippen molar-refractivity contribution in [3.63, 3.8) is 0 Å². The Hall–Kier alpha value is -0.340. The molecule has 72 valence electrons. The lowest BCUT2D eigenvalue weighted by atomic mass is 9.98. The molecule has 0 heterocycles. The van der Waals surface area contributed by atoms with E-state index in [0.717, 1.165) is 5.56 Å². The summed E-state index contributed by atoms with van der Waals surface area (Å²) >= 11 is 3.34. The first-order chi connectivity index (χ1) is 6.15. The van der Waals surface area contributed by atoms with Gasteiger partial charge < -0.3 is 5.73 Å². The van der Waals surface area contributed by atoms with Crippen LogP contribution in [0.4, 0.5) is 0 Å². The quantitative estimate of drug-likeness (QED) is 0.636. The third-order valence-electron chi connectivity index (χ3n) is 2.44. The molecule has 0 saturated carbocycles. The van der Waals surface area contributed by atoms with Crippen LogP contribution in [0.2, 0.25) is 0 Å². The van der Waals surface area contributed by atoms with Crippen LogP contribution in [0.1, 0.15) is 42.3 Å². The first-order valence-electron chi connectivity index (χ1n) is 4.64. The van der Waals surface area contributed by atoms with Crippen molar-refractivity contribution >= 4 is 15.9 Å². The summed E-state index contributed by atoms with van der Waals surface area (Å²) in [4.78, 5) is -0.0431. The van der Waals surface area contributed by atoms with Gasteiger partial charge in [0.2, 0.25) is 0 Å². The smallest absolute Gasteiger partial charge is 0.0861 e. The molecular formula is C11H16BrN. The number of halogens is 1. The van der Waals surface area contributed by atoms with Gasteiger partial charge in [-0.3, -0.25) is 0 Å². The van der Waals surface area contributed by atoms with E-state index < -0.39 is 0 Å². The second-order valence-corrected chi connectivity index (χ2v) is 4.36. The van der Waals surface area contributed by atoms with Crippen molar-refractivity contribution in [1.29, 1.82) is 0 Å². The summed E-state index contributed by atoms with van der Waals surface area (Å²) in [6, 6.07) is 8.48. The Balaban J connectivity index is 2.81. The molecule has 2 unspecified atom stereocenters. The standard InChI is InChI=1S/C11H16BrN/c1-3-8(2)9-4-6-10(7-5-9)11(12)13/h4-8,11H,3,13H2,1-2H3. The van der Waals surface area contributed by atoms with Crippen molar-refractivity contribution in [3.05, 3.63) is 35.4 Å². The van der Waals surface area contributed by atoms with E-state index in [2.05, 4.69) is 54.0 Å². The molecule has 0 saturated heterocycles. The summed E-state index contributed by atoms with van der Waals surface area (Å²) in [6.07, 6.45) is 1.18. The summed E-state index contributed by atoms with van der Waals surface area (Å²) in [5.74, 6) is 0.639. The summed E-state index contributed by atoms with van der Waals surface area (Å²) < 4.78 is 0. The van der Waals surface area contributed by atoms with Crippen molar-refractivity contribution in [3.8, 4) is 0 Å². The zero-order valence-electron chi connectivity index (χ0n) is 8.13. The molecule has 0 fully saturated rings. The van der Waals surface area contributed by atoms with Crippen LogP contribution in [0.25, 0.3) is 0 Å². The van der Waals surface area contributed by atoms with Crippen molar-refractivity contribution in [1.82, 2.24) is 0 Å². The number of hydrogen-bond acceptors (Lipinski definition) is 1. The van der Waals surface area contributed by atoms with Gasteiger partial charge in [-0.25, -0.2) is 0 Å². The largest absolute Gasteiger partial charge is 0.315 e. The molecule has 1 aromatic carbocycles. The molecule has 0 radical (unpaired) electrons. The van der Waals surface area contributed by atoms with E-state index in [4.69, 9.17) is 5.73 Å². The first-order valence-corrected chi connectivity index (χ1v) is 5.56. The molecule has 0 bridgehead atoms. The summed E-state index contributed by atoms with van der Waals surface area (Å²) in [5.41, 5.74) is 8.21. The van der Waals surface area contributed by atoms with Gasteiger partial charge in [-0.1, -0.05) is 54.0 Å². The molecule has 13 heavy (non-hydrogen) atoms. The summed E-state index contributed by atoms with van der Waals surface area (Å²) in [5, 5.41) is 0. The molecule has 0 aliphatic heterocycles. The topological polar surface area (TPSA) is 26.0 Å². The molecule has 0 amide bonds. The molecule has 2 N–H and O–H groups in total. The maximum atomic E-state index is 5.69. The third kappa shape index (κ3) is 2.82. The minimum Gasteiger partial charge on any atom is -0.315 e. The van der Waals surface area contributed by atoms with Crippen LogP contribution < -0.4 is 5.73 Å². The minimum atomic E-state index is -0.0431. The van der Waals surface area contributed by atoms with Gasteiger partial charge in [-0.2, -0.15) is 0 Å². The van der Waals surface area contributed by atoms with Gasteiger partial charge in [0.05, 0.1) is 4.95 Å². The monoisotopic (exact) mass is 241 g/mol. The Kier molecular flexibility index (Phi) is 3.94. The van der Waals surface area contributed by atoms with Crippen LogP contribution in [0.5, 0.6) is 0 Å². The average Bonchev–Trinajstić information content (AvgIpc) is 2.17. The summed E-state index contributed by atoms with van der Waals surface area (Å²) in [7, 11) is 0. The highest BCUT2D eigenvalue weighted by atomic mass is 79.9. The van der Waals surface area contributed by atoms with Crippen molar-refractivity contribution < 1.29 is 0 Å². The minimum absolute atomic E-state index is 0.0431. The van der Waals surface area contributed by atoms with Crippen LogP contribution >= 0.6 is 15.9 Å². The highest BCUT2D eigenvalue weighted by molar-refractivity contribution is 9.09. The Morgan fingerprint density at radius 2 is 1.69 bits per heavy atom. The van der Waals surface area contributed by atoms with Crippen LogP contribution in [0, 0.1) is 0 Å². The Bertz CT molecular complexity index is 253. The normalized spacial score (nSPS) is 15.4. The van der Waals surface area contributed by atoms with Gasteiger partial charge in [0.15, 0.2) is 0 Å². The van der Waals surface area contributed by atoms with Gasteiger partial charge >= 0.3 is 0 Å². The third-order valence-corrected chi connectivity index (χ3v) is 2.96. The highest BCUT2D eigenvalue weighted by Crippen LogP contribution is 2.22. The molecule has 0 aromatic heterocycles. The number of alkyl halides is 1. The van der Waals surface area contributed by atoms with Crippen LogP contribution in [0.15, 0.2) is 24.3 Å². The van der Waals surface area contributed by atoms with Gasteiger partial charge in [-0.05, 0) is 23.5 Å². The van der Waals surface area contributed by atoms with Crippen LogP contribution in [-0.4, -0.2) is 0 Å². The lowest BCUT2D eigenvalue weighted by Gasteiger charge is -2.10. The SMILES string of the molecule is CCC(C)c1ccc(C(N)Br)cc1. The Labute approximate surface area is 88.5 Å². The van der Waals surface area contributed by atoms with Crippen molar-refractivity contribution in [2.45, 2.75) is 31.1 Å². The fraction of sp³-hybridized carbons (Fsp3) is 0.455. The lowest BCUT2D eigenvalue weighted by Crippen LogP contribution is -2.01. The number of hydrogen-bond donors (Lipinski definition) is 1. The first kappa shape index (κ1) is 10.7. The number of nitrogens with two attached hydrogens (primary N) is 1. The molecule has 0 aliphatic rings. The van der Waals surface area contributed by atoms with E-state index in [0.29, 0.717) is 5.92 Å². The predicted octanol–water partition coefficient (Wildman–Crippen LogP) is 3.55. The van der Waals surface area contributed by atoms with Gasteiger partial charge in [0.25, 0.3) is 0 Å². The molecule has 1 rings (SSSR count). The van der Waals surface area contributed by atoms with Gasteiger partial charge in [-0.15, -0.1) is 0 Å². The molecular weight excluding hydrogens is 226 g/mol. The maximum Gasteiger partial charge on any atom is 0.0861 e. The fourth-order valence-electron chi connectivity index (χ4n) is 1.24. The molecule has 0 spiro atoms. The Morgan fingerprint density at radius 1 is 1.23 bits per heavy atom. The van der Waals surface area contributed by atoms with E-state index >= 15 is 0 Å². The number of rotatable bonds is 3. The molecule has 2 atom stereocenters. The van der Waals surface area contributed by atoms with E-state index in [-0.39, 0.29) is 4.95 Å². The van der Waals surface area contributed by atoms with Crippen LogP contribution in [0.3, 0.4) is 0 Å². The zero-order chi connectivity index (χ0) is 9.84. The fourth-order valence-corrected chi connectivity index (χ4v) is 1.55. The van der Waals surface area contributed by atoms with Gasteiger partial charge in [0, 0.05) is 0 Å². The Morgan fingerprint density at radius 3 is 2.08 bits per heavy atom. The average molecular weight is 242 g/mol. The van der Waals surface area contributed by atoms with E-state index in [1.165, 1.54) is 12.0 Å². The lowest BCUT2D eigenvalue weighted by molar-refractivity contribution is 0.733. The maximum absolute atomic E-state index is 5.69. The summed E-state index contributed by atoms with van der Waals surface area (Å²) in [6.45, 7) is 4.44. The molecule has 0 aliphatic carbocycles. The van der Waals surface area contributed by atoms with Crippen LogP contribution in [-0.2, 0) is 0 Å². The molecule has 2 heteroatoms.